The molecule has 0 unspecified atom stereocenters. The molecule has 2 aliphatic heterocycles. The van der Waals surface area contributed by atoms with Crippen LogP contribution in [-0.4, -0.2) is 65.8 Å². The van der Waals surface area contributed by atoms with Gasteiger partial charge in [0.1, 0.15) is 0 Å². The summed E-state index contributed by atoms with van der Waals surface area (Å²) in [6.07, 6.45) is 1.79. The Morgan fingerprint density at radius 1 is 0.882 bits per heavy atom. The highest BCUT2D eigenvalue weighted by Gasteiger charge is 2.32. The third-order valence-corrected chi connectivity index (χ3v) is 8.03. The zero-order valence-electron chi connectivity index (χ0n) is 19.7. The summed E-state index contributed by atoms with van der Waals surface area (Å²) in [6.45, 7) is 5.81. The molecule has 0 radical (unpaired) electrons. The Bertz CT molecular complexity index is 1160. The lowest BCUT2D eigenvalue weighted by Crippen LogP contribution is -2.45. The Kier molecular flexibility index (Phi) is 6.79. The van der Waals surface area contributed by atoms with Crippen molar-refractivity contribution < 1.29 is 9.59 Å². The predicted octanol–water partition coefficient (Wildman–Crippen LogP) is 4.38. The van der Waals surface area contributed by atoms with E-state index in [-0.39, 0.29) is 17.9 Å². The maximum atomic E-state index is 13.4. The van der Waals surface area contributed by atoms with E-state index in [4.69, 9.17) is 0 Å². The molecule has 0 saturated carbocycles. The van der Waals surface area contributed by atoms with Crippen LogP contribution in [0.2, 0.25) is 0 Å². The molecule has 0 spiro atoms. The first kappa shape index (κ1) is 22.8. The van der Waals surface area contributed by atoms with Crippen LogP contribution in [0.3, 0.4) is 0 Å². The quantitative estimate of drug-likeness (QED) is 0.565. The summed E-state index contributed by atoms with van der Waals surface area (Å²) in [5, 5.41) is 2.17. The minimum absolute atomic E-state index is 0.0672. The Morgan fingerprint density at radius 2 is 1.62 bits per heavy atom. The van der Waals surface area contributed by atoms with Crippen LogP contribution in [0.1, 0.15) is 44.4 Å². The van der Waals surface area contributed by atoms with Crippen molar-refractivity contribution in [1.29, 1.82) is 0 Å². The monoisotopic (exact) mass is 473 g/mol. The number of rotatable bonds is 4. The van der Waals surface area contributed by atoms with Crippen molar-refractivity contribution in [2.45, 2.75) is 25.8 Å². The molecule has 0 N–H and O–H groups in total. The molecular weight excluding hydrogens is 442 g/mol. The van der Waals surface area contributed by atoms with Gasteiger partial charge in [0.25, 0.3) is 5.91 Å². The number of nitrogens with zero attached hydrogens (tertiary/aromatic N) is 3. The number of benzene rings is 2. The van der Waals surface area contributed by atoms with E-state index in [1.807, 2.05) is 58.4 Å². The van der Waals surface area contributed by atoms with Crippen LogP contribution in [0.5, 0.6) is 0 Å². The van der Waals surface area contributed by atoms with Crippen LogP contribution in [0.4, 0.5) is 0 Å². The number of carbonyl (C=O) groups is 2. The highest BCUT2D eigenvalue weighted by Crippen LogP contribution is 2.37. The smallest absolute Gasteiger partial charge is 0.254 e. The summed E-state index contributed by atoms with van der Waals surface area (Å²) < 4.78 is 0. The molecular formula is C28H31N3O2S. The van der Waals surface area contributed by atoms with Gasteiger partial charge >= 0.3 is 0 Å². The normalized spacial score (nSPS) is 18.9. The molecule has 3 aromatic rings. The molecule has 34 heavy (non-hydrogen) atoms. The summed E-state index contributed by atoms with van der Waals surface area (Å²) in [7, 11) is 0. The summed E-state index contributed by atoms with van der Waals surface area (Å²) in [4.78, 5) is 34.1. The average Bonchev–Trinajstić information content (AvgIpc) is 3.19. The van der Waals surface area contributed by atoms with Crippen molar-refractivity contribution in [3.8, 4) is 0 Å². The number of carbonyl (C=O) groups excluding carboxylic acids is 2. The molecule has 1 atom stereocenters. The van der Waals surface area contributed by atoms with E-state index in [1.165, 1.54) is 16.0 Å². The van der Waals surface area contributed by atoms with Gasteiger partial charge in [0, 0.05) is 43.2 Å². The number of hydrogen-bond donors (Lipinski definition) is 0. The van der Waals surface area contributed by atoms with Crippen molar-refractivity contribution in [3.05, 3.63) is 93.2 Å². The third kappa shape index (κ3) is 4.65. The fraction of sp³-hybridized carbons (Fsp3) is 0.357. The summed E-state index contributed by atoms with van der Waals surface area (Å²) in [5.74, 6) is 0.224. The van der Waals surface area contributed by atoms with Gasteiger partial charge < -0.3 is 9.80 Å². The van der Waals surface area contributed by atoms with Gasteiger partial charge in [-0.15, -0.1) is 11.3 Å². The first-order valence-corrected chi connectivity index (χ1v) is 13.0. The first-order chi connectivity index (χ1) is 16.6. The molecule has 5 nitrogen and oxygen atoms in total. The highest BCUT2D eigenvalue weighted by atomic mass is 32.1. The topological polar surface area (TPSA) is 43.9 Å². The molecule has 6 heteroatoms. The minimum Gasteiger partial charge on any atom is -0.340 e. The van der Waals surface area contributed by atoms with Crippen molar-refractivity contribution in [3.63, 3.8) is 0 Å². The summed E-state index contributed by atoms with van der Waals surface area (Å²) in [6, 6.07) is 20.6. The van der Waals surface area contributed by atoms with Crippen LogP contribution in [-0.2, 0) is 11.2 Å². The van der Waals surface area contributed by atoms with E-state index in [9.17, 15) is 9.59 Å². The molecule has 0 bridgehead atoms. The summed E-state index contributed by atoms with van der Waals surface area (Å²) >= 11 is 1.82. The molecule has 176 valence electrons. The average molecular weight is 474 g/mol. The Balaban J connectivity index is 1.27. The minimum atomic E-state index is 0.0672. The second kappa shape index (κ2) is 10.1. The zero-order valence-corrected chi connectivity index (χ0v) is 20.5. The highest BCUT2D eigenvalue weighted by molar-refractivity contribution is 7.10. The molecule has 1 aromatic heterocycles. The van der Waals surface area contributed by atoms with E-state index in [1.54, 1.807) is 0 Å². The van der Waals surface area contributed by atoms with Gasteiger partial charge in [0.15, 0.2) is 0 Å². The van der Waals surface area contributed by atoms with Crippen LogP contribution in [0.25, 0.3) is 0 Å². The van der Waals surface area contributed by atoms with Crippen molar-refractivity contribution in [2.24, 2.45) is 0 Å². The molecule has 0 aliphatic carbocycles. The number of aryl methyl sites for hydroxylation is 1. The van der Waals surface area contributed by atoms with E-state index >= 15 is 0 Å². The molecule has 3 heterocycles. The fourth-order valence-electron chi connectivity index (χ4n) is 5.19. The van der Waals surface area contributed by atoms with E-state index in [2.05, 4.69) is 40.6 Å². The van der Waals surface area contributed by atoms with Crippen molar-refractivity contribution in [2.75, 3.05) is 39.3 Å². The molecule has 5 rings (SSSR count). The Hall–Kier alpha value is -2.96. The van der Waals surface area contributed by atoms with E-state index < -0.39 is 0 Å². The molecule has 2 aromatic carbocycles. The lowest BCUT2D eigenvalue weighted by atomic mass is 9.93. The van der Waals surface area contributed by atoms with Gasteiger partial charge in [0.05, 0.1) is 12.6 Å². The van der Waals surface area contributed by atoms with Gasteiger partial charge in [-0.25, -0.2) is 0 Å². The van der Waals surface area contributed by atoms with Gasteiger partial charge in [-0.1, -0.05) is 48.5 Å². The molecule has 1 saturated heterocycles. The van der Waals surface area contributed by atoms with Crippen LogP contribution in [0, 0.1) is 6.92 Å². The maximum absolute atomic E-state index is 13.4. The van der Waals surface area contributed by atoms with Crippen molar-refractivity contribution >= 4 is 23.2 Å². The third-order valence-electron chi connectivity index (χ3n) is 7.03. The number of thiophene rings is 1. The molecule has 2 aliphatic rings. The lowest BCUT2D eigenvalue weighted by molar-refractivity contribution is -0.132. The molecule has 1 fully saturated rings. The van der Waals surface area contributed by atoms with Gasteiger partial charge in [-0.2, -0.15) is 0 Å². The zero-order chi connectivity index (χ0) is 23.5. The van der Waals surface area contributed by atoms with Gasteiger partial charge in [-0.05, 0) is 54.0 Å². The summed E-state index contributed by atoms with van der Waals surface area (Å²) in [5.41, 5.74) is 4.32. The number of amides is 2. The van der Waals surface area contributed by atoms with Crippen LogP contribution in [0.15, 0.2) is 66.0 Å². The maximum Gasteiger partial charge on any atom is 0.254 e. The Labute approximate surface area is 205 Å². The first-order valence-electron chi connectivity index (χ1n) is 12.1. The number of fused-ring (bicyclic) bond motifs is 1. The Morgan fingerprint density at radius 3 is 2.44 bits per heavy atom. The molecule has 2 amide bonds. The predicted molar refractivity (Wildman–Crippen MR) is 136 cm³/mol. The SMILES string of the molecule is Cc1ccccc1C(=O)N1CCCN(C(=O)CN2CCc3sccc3[C@@H]2c2ccccc2)CC1. The van der Waals surface area contributed by atoms with Crippen LogP contribution < -0.4 is 0 Å². The van der Waals surface area contributed by atoms with Crippen molar-refractivity contribution in [1.82, 2.24) is 14.7 Å². The second-order valence-corrected chi connectivity index (χ2v) is 10.2. The second-order valence-electron chi connectivity index (χ2n) is 9.17. The van der Waals surface area contributed by atoms with Gasteiger partial charge in [0.2, 0.25) is 5.91 Å². The fourth-order valence-corrected chi connectivity index (χ4v) is 6.10. The largest absolute Gasteiger partial charge is 0.340 e. The van der Waals surface area contributed by atoms with E-state index in [0.717, 1.165) is 30.5 Å². The lowest BCUT2D eigenvalue weighted by Gasteiger charge is -2.37. The standard InChI is InChI=1S/C28H31N3O2S/c1-21-8-5-6-11-23(21)28(33)30-15-7-14-29(17-18-30)26(32)20-31-16-12-25-24(13-19-34-25)27(31)22-9-3-2-4-10-22/h2-6,8-11,13,19,27H,7,12,14-18,20H2,1H3/t27-/m0/s1. The van der Waals surface area contributed by atoms with Crippen LogP contribution >= 0.6 is 11.3 Å². The number of hydrogen-bond acceptors (Lipinski definition) is 4. The van der Waals surface area contributed by atoms with Gasteiger partial charge in [-0.3, -0.25) is 14.5 Å². The van der Waals surface area contributed by atoms with E-state index in [0.29, 0.717) is 32.7 Å².